The number of amides is 1. The van der Waals surface area contributed by atoms with Crippen molar-refractivity contribution >= 4 is 32.7 Å². The fraction of sp³-hybridized carbons (Fsp3) is 0.259. The Labute approximate surface area is 214 Å². The molecule has 4 aromatic rings. The van der Waals surface area contributed by atoms with Crippen molar-refractivity contribution in [3.8, 4) is 11.1 Å². The van der Waals surface area contributed by atoms with Gasteiger partial charge in [0.15, 0.2) is 0 Å². The first kappa shape index (κ1) is 24.9. The number of pyridine rings is 1. The number of anilines is 1. The van der Waals surface area contributed by atoms with Crippen molar-refractivity contribution in [3.05, 3.63) is 78.2 Å². The van der Waals surface area contributed by atoms with Gasteiger partial charge in [0.05, 0.1) is 0 Å². The van der Waals surface area contributed by atoms with Gasteiger partial charge in [0, 0.05) is 50.4 Å². The first-order chi connectivity index (χ1) is 17.7. The topological polar surface area (TPSA) is 95.8 Å². The van der Waals surface area contributed by atoms with Gasteiger partial charge >= 0.3 is 0 Å². The van der Waals surface area contributed by atoms with Gasteiger partial charge in [-0.25, -0.2) is 17.8 Å². The van der Waals surface area contributed by atoms with Crippen molar-refractivity contribution in [2.45, 2.75) is 30.5 Å². The Morgan fingerprint density at radius 1 is 1.14 bits per heavy atom. The molecule has 2 aromatic carbocycles. The third-order valence-electron chi connectivity index (χ3n) is 6.46. The normalized spacial score (nSPS) is 16.2. The second-order valence-corrected chi connectivity index (χ2v) is 11.1. The molecule has 1 aliphatic rings. The Morgan fingerprint density at radius 2 is 1.97 bits per heavy atom. The Hall–Kier alpha value is -3.76. The maximum absolute atomic E-state index is 13.5. The van der Waals surface area contributed by atoms with Gasteiger partial charge < -0.3 is 14.6 Å². The Kier molecular flexibility index (Phi) is 6.70. The minimum absolute atomic E-state index is 0.206. The molecule has 1 fully saturated rings. The molecule has 1 saturated heterocycles. The van der Waals surface area contributed by atoms with Crippen LogP contribution in [0.1, 0.15) is 18.4 Å². The van der Waals surface area contributed by atoms with Crippen LogP contribution in [0.2, 0.25) is 0 Å². The van der Waals surface area contributed by atoms with E-state index >= 15 is 0 Å². The number of rotatable bonds is 7. The third-order valence-corrected chi connectivity index (χ3v) is 8.22. The molecular formula is C27H27FN4O4S. The van der Waals surface area contributed by atoms with E-state index in [2.05, 4.69) is 10.3 Å². The predicted molar refractivity (Wildman–Crippen MR) is 139 cm³/mol. The minimum atomic E-state index is -4.07. The van der Waals surface area contributed by atoms with E-state index in [0.717, 1.165) is 22.5 Å². The van der Waals surface area contributed by atoms with Gasteiger partial charge in [-0.05, 0) is 60.4 Å². The van der Waals surface area contributed by atoms with Gasteiger partial charge in [-0.15, -0.1) is 0 Å². The van der Waals surface area contributed by atoms with Crippen LogP contribution in [-0.2, 0) is 21.4 Å². The smallest absolute Gasteiger partial charge is 0.277 e. The summed E-state index contributed by atoms with van der Waals surface area (Å²) in [4.78, 5) is 19.4. The molecule has 0 saturated carbocycles. The van der Waals surface area contributed by atoms with Crippen LogP contribution in [0.5, 0.6) is 0 Å². The van der Waals surface area contributed by atoms with E-state index in [1.165, 1.54) is 28.6 Å². The molecule has 1 atom stereocenters. The molecule has 0 bridgehead atoms. The number of nitrogens with one attached hydrogen (secondary N) is 1. The van der Waals surface area contributed by atoms with Crippen molar-refractivity contribution < 1.29 is 22.0 Å². The van der Waals surface area contributed by atoms with Gasteiger partial charge in [0.1, 0.15) is 23.3 Å². The zero-order valence-electron chi connectivity index (χ0n) is 20.5. The van der Waals surface area contributed by atoms with Crippen LogP contribution >= 0.6 is 0 Å². The van der Waals surface area contributed by atoms with E-state index in [4.69, 9.17) is 4.42 Å². The summed E-state index contributed by atoms with van der Waals surface area (Å²) in [5.41, 5.74) is 3.08. The largest absolute Gasteiger partial charge is 0.443 e. The average molecular weight is 523 g/mol. The lowest BCUT2D eigenvalue weighted by Gasteiger charge is -2.22. The fourth-order valence-corrected chi connectivity index (χ4v) is 6.12. The molecule has 3 heterocycles. The Balaban J connectivity index is 1.29. The molecule has 1 amide bonds. The number of sulfonamides is 1. The Morgan fingerprint density at radius 3 is 2.73 bits per heavy atom. The lowest BCUT2D eigenvalue weighted by Crippen LogP contribution is -2.45. The van der Waals surface area contributed by atoms with Gasteiger partial charge in [0.25, 0.3) is 10.0 Å². The monoisotopic (exact) mass is 522 g/mol. The molecule has 37 heavy (non-hydrogen) atoms. The van der Waals surface area contributed by atoms with E-state index in [-0.39, 0.29) is 29.7 Å². The standard InChI is InChI=1S/C27H27FN4O4S/c1-31(2)25-11-8-20(17-29-25)19-6-3-5-18(13-19)16-30-27(33)23-7-4-12-32(23)37(34,35)26-15-21-14-22(28)9-10-24(21)36-26/h3,5-6,8-11,13-15,17,23H,4,7,12,16H2,1-2H3,(H,30,33)/t23-/m0/s1. The van der Waals surface area contributed by atoms with E-state index < -0.39 is 21.9 Å². The zero-order valence-corrected chi connectivity index (χ0v) is 21.3. The van der Waals surface area contributed by atoms with Gasteiger partial charge in [-0.3, -0.25) is 4.79 Å². The van der Waals surface area contributed by atoms with Crippen LogP contribution < -0.4 is 10.2 Å². The molecule has 192 valence electrons. The summed E-state index contributed by atoms with van der Waals surface area (Å²) in [6.07, 6.45) is 2.77. The number of aromatic nitrogens is 1. The number of hydrogen-bond acceptors (Lipinski definition) is 6. The summed E-state index contributed by atoms with van der Waals surface area (Å²) in [7, 11) is -0.209. The van der Waals surface area contributed by atoms with Crippen LogP contribution in [0.15, 0.2) is 76.4 Å². The zero-order chi connectivity index (χ0) is 26.2. The van der Waals surface area contributed by atoms with E-state index in [0.29, 0.717) is 18.2 Å². The van der Waals surface area contributed by atoms with Crippen LogP contribution in [0.4, 0.5) is 10.2 Å². The van der Waals surface area contributed by atoms with E-state index in [9.17, 15) is 17.6 Å². The van der Waals surface area contributed by atoms with Gasteiger partial charge in [0.2, 0.25) is 11.0 Å². The highest BCUT2D eigenvalue weighted by molar-refractivity contribution is 7.89. The molecule has 0 unspecified atom stereocenters. The highest BCUT2D eigenvalue weighted by atomic mass is 32.2. The number of carbonyl (C=O) groups excluding carboxylic acids is 1. The maximum Gasteiger partial charge on any atom is 0.277 e. The van der Waals surface area contributed by atoms with E-state index in [1.807, 2.05) is 55.4 Å². The molecular weight excluding hydrogens is 495 g/mol. The quantitative estimate of drug-likeness (QED) is 0.392. The number of furan rings is 1. The maximum atomic E-state index is 13.5. The number of hydrogen-bond donors (Lipinski definition) is 1. The first-order valence-electron chi connectivity index (χ1n) is 11.9. The summed E-state index contributed by atoms with van der Waals surface area (Å²) in [6, 6.07) is 16.0. The number of carbonyl (C=O) groups is 1. The van der Waals surface area contributed by atoms with Crippen molar-refractivity contribution in [3.63, 3.8) is 0 Å². The van der Waals surface area contributed by atoms with Crippen LogP contribution in [0, 0.1) is 5.82 Å². The summed E-state index contributed by atoms with van der Waals surface area (Å²) in [6.45, 7) is 0.460. The molecule has 1 N–H and O–H groups in total. The molecule has 8 nitrogen and oxygen atoms in total. The summed E-state index contributed by atoms with van der Waals surface area (Å²) >= 11 is 0. The number of nitrogens with zero attached hydrogens (tertiary/aromatic N) is 3. The highest BCUT2D eigenvalue weighted by Crippen LogP contribution is 2.30. The minimum Gasteiger partial charge on any atom is -0.443 e. The molecule has 5 rings (SSSR count). The lowest BCUT2D eigenvalue weighted by atomic mass is 10.0. The molecule has 0 aliphatic carbocycles. The second kappa shape index (κ2) is 9.95. The van der Waals surface area contributed by atoms with E-state index in [1.54, 1.807) is 6.20 Å². The van der Waals surface area contributed by atoms with Crippen LogP contribution in [0.25, 0.3) is 22.1 Å². The Bertz CT molecular complexity index is 1550. The lowest BCUT2D eigenvalue weighted by molar-refractivity contribution is -0.124. The van der Waals surface area contributed by atoms with Crippen LogP contribution in [-0.4, -0.2) is 50.3 Å². The summed E-state index contributed by atoms with van der Waals surface area (Å²) in [5, 5.41) is 2.94. The van der Waals surface area contributed by atoms with Crippen LogP contribution in [0.3, 0.4) is 0 Å². The second-order valence-electron chi connectivity index (χ2n) is 9.24. The molecule has 10 heteroatoms. The first-order valence-corrected chi connectivity index (χ1v) is 13.4. The summed E-state index contributed by atoms with van der Waals surface area (Å²) in [5.74, 6) is 0.00488. The van der Waals surface area contributed by atoms with Crippen molar-refractivity contribution in [1.82, 2.24) is 14.6 Å². The molecule has 2 aromatic heterocycles. The average Bonchev–Trinajstić information content (AvgIpc) is 3.56. The molecule has 0 spiro atoms. The van der Waals surface area contributed by atoms with Crippen molar-refractivity contribution in [1.29, 1.82) is 0 Å². The fourth-order valence-electron chi connectivity index (χ4n) is 4.51. The molecule has 0 radical (unpaired) electrons. The number of fused-ring (bicyclic) bond motifs is 1. The van der Waals surface area contributed by atoms with Gasteiger partial charge in [-0.1, -0.05) is 18.2 Å². The number of halogens is 1. The third kappa shape index (κ3) is 5.07. The van der Waals surface area contributed by atoms with Crippen molar-refractivity contribution in [2.24, 2.45) is 0 Å². The predicted octanol–water partition coefficient (Wildman–Crippen LogP) is 4.17. The SMILES string of the molecule is CN(C)c1ccc(-c2cccc(CNC(=O)[C@@H]3CCCN3S(=O)(=O)c3cc4cc(F)ccc4o3)c2)cn1. The number of benzene rings is 2. The summed E-state index contributed by atoms with van der Waals surface area (Å²) < 4.78 is 46.8. The van der Waals surface area contributed by atoms with Gasteiger partial charge in [-0.2, -0.15) is 4.31 Å². The highest BCUT2D eigenvalue weighted by Gasteiger charge is 2.41. The molecule has 1 aliphatic heterocycles. The van der Waals surface area contributed by atoms with Crippen molar-refractivity contribution in [2.75, 3.05) is 25.5 Å².